The van der Waals surface area contributed by atoms with Gasteiger partial charge in [-0.2, -0.15) is 8.78 Å². The summed E-state index contributed by atoms with van der Waals surface area (Å²) in [6.45, 7) is 6.57. The summed E-state index contributed by atoms with van der Waals surface area (Å²) in [5.74, 6) is 0.800. The van der Waals surface area contributed by atoms with Crippen molar-refractivity contribution in [2.24, 2.45) is 5.92 Å². The van der Waals surface area contributed by atoms with Crippen LogP contribution in [-0.2, 0) is 6.54 Å². The Kier molecular flexibility index (Phi) is 7.40. The smallest absolute Gasteiger partial charge is 0.387 e. The van der Waals surface area contributed by atoms with Crippen LogP contribution in [0.25, 0.3) is 0 Å². The van der Waals surface area contributed by atoms with E-state index < -0.39 is 6.61 Å². The normalized spacial score (nSPS) is 20.0. The summed E-state index contributed by atoms with van der Waals surface area (Å²) in [6, 6.07) is 7.20. The molecule has 1 aliphatic heterocycles. The molecule has 0 aliphatic carbocycles. The number of rotatable bonds is 8. The summed E-state index contributed by atoms with van der Waals surface area (Å²) < 4.78 is 28.7. The van der Waals surface area contributed by atoms with E-state index in [2.05, 4.69) is 28.4 Å². The SMILES string of the molecule is CC(C)CN1CCN(Cc2ccc(OC(F)F)cc2)C[C@H]1CCO. The molecular weight excluding hydrogens is 314 g/mol. The first-order valence-electron chi connectivity index (χ1n) is 8.59. The van der Waals surface area contributed by atoms with Crippen molar-refractivity contribution in [1.29, 1.82) is 0 Å². The van der Waals surface area contributed by atoms with Crippen molar-refractivity contribution in [2.45, 2.75) is 39.5 Å². The number of piperazine rings is 1. The highest BCUT2D eigenvalue weighted by Gasteiger charge is 2.26. The molecule has 0 spiro atoms. The van der Waals surface area contributed by atoms with Gasteiger partial charge in [0.1, 0.15) is 5.75 Å². The van der Waals surface area contributed by atoms with Gasteiger partial charge in [-0.1, -0.05) is 26.0 Å². The van der Waals surface area contributed by atoms with Crippen LogP contribution in [0.2, 0.25) is 0 Å². The minimum atomic E-state index is -2.79. The molecule has 0 saturated carbocycles. The second-order valence-electron chi connectivity index (χ2n) is 6.81. The van der Waals surface area contributed by atoms with Crippen LogP contribution in [0.4, 0.5) is 8.78 Å². The zero-order chi connectivity index (χ0) is 17.5. The van der Waals surface area contributed by atoms with E-state index >= 15 is 0 Å². The van der Waals surface area contributed by atoms with E-state index in [1.165, 1.54) is 0 Å². The number of hydrogen-bond donors (Lipinski definition) is 1. The fourth-order valence-corrected chi connectivity index (χ4v) is 3.27. The molecule has 6 heteroatoms. The second kappa shape index (κ2) is 9.30. The average molecular weight is 342 g/mol. The standard InChI is InChI=1S/C18H28F2N2O2/c1-14(2)11-22-9-8-21(13-16(22)7-10-23)12-15-3-5-17(6-4-15)24-18(19)20/h3-6,14,16,18,23H,7-13H2,1-2H3/t16-/m1/s1. The van der Waals surface area contributed by atoms with Crippen LogP contribution in [0.3, 0.4) is 0 Å². The van der Waals surface area contributed by atoms with Crippen molar-refractivity contribution >= 4 is 0 Å². The van der Waals surface area contributed by atoms with Crippen LogP contribution in [0, 0.1) is 5.92 Å². The number of nitrogens with zero attached hydrogens (tertiary/aromatic N) is 2. The molecule has 1 heterocycles. The van der Waals surface area contributed by atoms with Crippen LogP contribution in [-0.4, -0.2) is 60.3 Å². The molecule has 1 N–H and O–H groups in total. The zero-order valence-electron chi connectivity index (χ0n) is 14.5. The third kappa shape index (κ3) is 6.00. The van der Waals surface area contributed by atoms with E-state index in [1.54, 1.807) is 12.1 Å². The van der Waals surface area contributed by atoms with Gasteiger partial charge < -0.3 is 9.84 Å². The van der Waals surface area contributed by atoms with E-state index in [0.29, 0.717) is 12.0 Å². The molecule has 0 unspecified atom stereocenters. The van der Waals surface area contributed by atoms with E-state index in [0.717, 1.165) is 44.7 Å². The number of halogens is 2. The Labute approximate surface area is 143 Å². The van der Waals surface area contributed by atoms with Gasteiger partial charge in [0.05, 0.1) is 0 Å². The summed E-state index contributed by atoms with van der Waals surface area (Å²) in [6.07, 6.45) is 0.782. The molecule has 1 aliphatic rings. The summed E-state index contributed by atoms with van der Waals surface area (Å²) in [4.78, 5) is 4.83. The van der Waals surface area contributed by atoms with Crippen molar-refractivity contribution in [2.75, 3.05) is 32.8 Å². The molecule has 24 heavy (non-hydrogen) atoms. The Morgan fingerprint density at radius 1 is 1.21 bits per heavy atom. The molecule has 1 saturated heterocycles. The maximum atomic E-state index is 12.2. The minimum Gasteiger partial charge on any atom is -0.435 e. The lowest BCUT2D eigenvalue weighted by atomic mass is 10.1. The van der Waals surface area contributed by atoms with E-state index in [1.807, 2.05) is 12.1 Å². The third-order valence-corrected chi connectivity index (χ3v) is 4.31. The fraction of sp³-hybridized carbons (Fsp3) is 0.667. The molecular formula is C18H28F2N2O2. The number of aliphatic hydroxyl groups is 1. The topological polar surface area (TPSA) is 35.9 Å². The second-order valence-corrected chi connectivity index (χ2v) is 6.81. The van der Waals surface area contributed by atoms with Gasteiger partial charge in [0.2, 0.25) is 0 Å². The predicted molar refractivity (Wildman–Crippen MR) is 90.3 cm³/mol. The molecule has 0 bridgehead atoms. The molecule has 136 valence electrons. The molecule has 1 aromatic carbocycles. The van der Waals surface area contributed by atoms with Crippen molar-refractivity contribution in [1.82, 2.24) is 9.80 Å². The Balaban J connectivity index is 1.91. The van der Waals surface area contributed by atoms with Crippen LogP contribution in [0.5, 0.6) is 5.75 Å². The summed E-state index contributed by atoms with van der Waals surface area (Å²) in [5, 5.41) is 9.33. The van der Waals surface area contributed by atoms with Gasteiger partial charge in [-0.05, 0) is 30.0 Å². The van der Waals surface area contributed by atoms with Crippen molar-refractivity contribution in [3.63, 3.8) is 0 Å². The van der Waals surface area contributed by atoms with Gasteiger partial charge in [0, 0.05) is 45.4 Å². The number of benzene rings is 1. The Morgan fingerprint density at radius 2 is 1.92 bits per heavy atom. The van der Waals surface area contributed by atoms with Crippen LogP contribution in [0.15, 0.2) is 24.3 Å². The number of alkyl halides is 2. The maximum absolute atomic E-state index is 12.2. The molecule has 4 nitrogen and oxygen atoms in total. The number of ether oxygens (including phenoxy) is 1. The monoisotopic (exact) mass is 342 g/mol. The lowest BCUT2D eigenvalue weighted by Gasteiger charge is -2.42. The highest BCUT2D eigenvalue weighted by Crippen LogP contribution is 2.19. The minimum absolute atomic E-state index is 0.189. The van der Waals surface area contributed by atoms with E-state index in [9.17, 15) is 13.9 Å². The predicted octanol–water partition coefficient (Wildman–Crippen LogP) is 2.81. The lowest BCUT2D eigenvalue weighted by molar-refractivity contribution is -0.0498. The van der Waals surface area contributed by atoms with Gasteiger partial charge >= 0.3 is 6.61 Å². The number of aliphatic hydroxyl groups excluding tert-OH is 1. The molecule has 0 amide bonds. The number of hydrogen-bond acceptors (Lipinski definition) is 4. The largest absolute Gasteiger partial charge is 0.435 e. The molecule has 0 aromatic heterocycles. The van der Waals surface area contributed by atoms with Crippen molar-refractivity contribution < 1.29 is 18.6 Å². The van der Waals surface area contributed by atoms with Gasteiger partial charge in [0.15, 0.2) is 0 Å². The first-order chi connectivity index (χ1) is 11.5. The Bertz CT molecular complexity index is 482. The third-order valence-electron chi connectivity index (χ3n) is 4.31. The van der Waals surface area contributed by atoms with Crippen LogP contribution >= 0.6 is 0 Å². The molecule has 1 atom stereocenters. The summed E-state index contributed by atoms with van der Waals surface area (Å²) in [7, 11) is 0. The zero-order valence-corrected chi connectivity index (χ0v) is 14.5. The van der Waals surface area contributed by atoms with E-state index in [-0.39, 0.29) is 12.4 Å². The maximum Gasteiger partial charge on any atom is 0.387 e. The summed E-state index contributed by atoms with van der Waals surface area (Å²) in [5.41, 5.74) is 1.08. The van der Waals surface area contributed by atoms with Gasteiger partial charge in [0.25, 0.3) is 0 Å². The van der Waals surface area contributed by atoms with Gasteiger partial charge in [-0.15, -0.1) is 0 Å². The quantitative estimate of drug-likeness (QED) is 0.788. The molecule has 1 aromatic rings. The highest BCUT2D eigenvalue weighted by molar-refractivity contribution is 5.27. The van der Waals surface area contributed by atoms with Crippen LogP contribution < -0.4 is 4.74 Å². The van der Waals surface area contributed by atoms with Crippen molar-refractivity contribution in [3.8, 4) is 5.75 Å². The first kappa shape index (κ1) is 19.1. The molecule has 2 rings (SSSR count). The summed E-state index contributed by atoms with van der Waals surface area (Å²) >= 11 is 0. The lowest BCUT2D eigenvalue weighted by Crippen LogP contribution is -2.53. The highest BCUT2D eigenvalue weighted by atomic mass is 19.3. The first-order valence-corrected chi connectivity index (χ1v) is 8.59. The Hall–Kier alpha value is -1.24. The molecule has 1 fully saturated rings. The van der Waals surface area contributed by atoms with E-state index in [4.69, 9.17) is 0 Å². The fourth-order valence-electron chi connectivity index (χ4n) is 3.27. The van der Waals surface area contributed by atoms with Crippen LogP contribution in [0.1, 0.15) is 25.8 Å². The van der Waals surface area contributed by atoms with Crippen molar-refractivity contribution in [3.05, 3.63) is 29.8 Å². The molecule has 0 radical (unpaired) electrons. The van der Waals surface area contributed by atoms with Gasteiger partial charge in [-0.25, -0.2) is 0 Å². The average Bonchev–Trinajstić information content (AvgIpc) is 2.51. The Morgan fingerprint density at radius 3 is 2.50 bits per heavy atom. The van der Waals surface area contributed by atoms with Gasteiger partial charge in [-0.3, -0.25) is 9.80 Å².